The third-order valence-corrected chi connectivity index (χ3v) is 1.40. The first kappa shape index (κ1) is 6.61. The number of nitrogens with one attached hydrogen (secondary N) is 1. The summed E-state index contributed by atoms with van der Waals surface area (Å²) in [6.07, 6.45) is 1.32. The van der Waals surface area contributed by atoms with E-state index in [0.29, 0.717) is 13.1 Å². The monoisotopic (exact) mass is 124 g/mol. The first-order valence-electron chi connectivity index (χ1n) is 3.08. The first-order chi connectivity index (χ1) is 4.43. The molecule has 0 aliphatic carbocycles. The number of aliphatic imine (C=N–C) groups is 1. The number of hydrogen-bond acceptors (Lipinski definition) is 3. The molecule has 1 fully saturated rings. The van der Waals surface area contributed by atoms with Crippen molar-refractivity contribution >= 4 is 13.3 Å². The van der Waals surface area contributed by atoms with Crippen LogP contribution in [-0.4, -0.2) is 32.9 Å². The van der Waals surface area contributed by atoms with Crippen LogP contribution in [0.4, 0.5) is 0 Å². The second-order valence-corrected chi connectivity index (χ2v) is 2.17. The summed E-state index contributed by atoms with van der Waals surface area (Å²) in [7, 11) is 0.714. The standard InChI is InChI=1S/C5H9BN2O/c9-6-4-8-3-5-1-7-2-5/h4-5,7H,1-3H2. The average molecular weight is 124 g/mol. The van der Waals surface area contributed by atoms with Crippen molar-refractivity contribution in [3.8, 4) is 0 Å². The third kappa shape index (κ3) is 2.05. The molecule has 4 heteroatoms. The molecule has 0 aromatic carbocycles. The zero-order valence-corrected chi connectivity index (χ0v) is 5.21. The Kier molecular flexibility index (Phi) is 2.58. The SMILES string of the molecule is O=BC=NCC1CNC1. The molecule has 1 aliphatic heterocycles. The zero-order valence-electron chi connectivity index (χ0n) is 5.21. The van der Waals surface area contributed by atoms with Gasteiger partial charge in [0.2, 0.25) is 0 Å². The second kappa shape index (κ2) is 3.51. The summed E-state index contributed by atoms with van der Waals surface area (Å²) in [6, 6.07) is 0. The molecule has 9 heavy (non-hydrogen) atoms. The van der Waals surface area contributed by atoms with Crippen LogP contribution in [0, 0.1) is 5.92 Å². The Balaban J connectivity index is 2.03. The Morgan fingerprint density at radius 3 is 3.00 bits per heavy atom. The fourth-order valence-electron chi connectivity index (χ4n) is 0.731. The third-order valence-electron chi connectivity index (χ3n) is 1.40. The van der Waals surface area contributed by atoms with Gasteiger partial charge in [0.25, 0.3) is 0 Å². The van der Waals surface area contributed by atoms with Gasteiger partial charge in [0.1, 0.15) is 0 Å². The molecule has 0 aromatic rings. The van der Waals surface area contributed by atoms with Crippen molar-refractivity contribution < 1.29 is 4.70 Å². The van der Waals surface area contributed by atoms with Crippen molar-refractivity contribution in [1.29, 1.82) is 0 Å². The van der Waals surface area contributed by atoms with E-state index in [2.05, 4.69) is 10.3 Å². The average Bonchev–Trinajstić information content (AvgIpc) is 1.76. The van der Waals surface area contributed by atoms with E-state index in [0.717, 1.165) is 19.6 Å². The van der Waals surface area contributed by atoms with E-state index < -0.39 is 0 Å². The van der Waals surface area contributed by atoms with Gasteiger partial charge >= 0.3 is 53.8 Å². The topological polar surface area (TPSA) is 41.5 Å². The van der Waals surface area contributed by atoms with Gasteiger partial charge in [-0.2, -0.15) is 0 Å². The van der Waals surface area contributed by atoms with Crippen molar-refractivity contribution in [3.05, 3.63) is 0 Å². The zero-order chi connectivity index (χ0) is 6.53. The fraction of sp³-hybridized carbons (Fsp3) is 0.800. The Bertz CT molecular complexity index is 122. The van der Waals surface area contributed by atoms with Crippen LogP contribution >= 0.6 is 0 Å². The normalized spacial score (nSPS) is 19.6. The van der Waals surface area contributed by atoms with Gasteiger partial charge in [-0.15, -0.1) is 0 Å². The van der Waals surface area contributed by atoms with Crippen LogP contribution in [0.5, 0.6) is 0 Å². The van der Waals surface area contributed by atoms with E-state index >= 15 is 0 Å². The van der Waals surface area contributed by atoms with Crippen LogP contribution in [0.15, 0.2) is 4.99 Å². The molecule has 1 rings (SSSR count). The second-order valence-electron chi connectivity index (χ2n) is 2.17. The molecule has 0 saturated carbocycles. The quantitative estimate of drug-likeness (QED) is 0.398. The van der Waals surface area contributed by atoms with E-state index in [4.69, 9.17) is 0 Å². The Hall–Kier alpha value is -0.505. The maximum absolute atomic E-state index is 9.73. The Morgan fingerprint density at radius 1 is 1.78 bits per heavy atom. The van der Waals surface area contributed by atoms with Crippen LogP contribution < -0.4 is 5.32 Å². The number of nitrogens with zero attached hydrogens (tertiary/aromatic N) is 1. The molecule has 1 heterocycles. The summed E-state index contributed by atoms with van der Waals surface area (Å²) in [5.41, 5.74) is 0. The minimum absolute atomic E-state index is 0.668. The predicted molar refractivity (Wildman–Crippen MR) is 36.2 cm³/mol. The summed E-state index contributed by atoms with van der Waals surface area (Å²) < 4.78 is 9.73. The van der Waals surface area contributed by atoms with Crippen LogP contribution in [-0.2, 0) is 4.70 Å². The summed E-state index contributed by atoms with van der Waals surface area (Å²) in [4.78, 5) is 3.88. The summed E-state index contributed by atoms with van der Waals surface area (Å²) in [6.45, 7) is 2.90. The van der Waals surface area contributed by atoms with E-state index in [1.54, 1.807) is 0 Å². The number of rotatable bonds is 3. The van der Waals surface area contributed by atoms with Crippen molar-refractivity contribution in [1.82, 2.24) is 5.32 Å². The minimum atomic E-state index is 0.668. The molecule has 48 valence electrons. The van der Waals surface area contributed by atoms with E-state index in [1.807, 2.05) is 0 Å². The van der Waals surface area contributed by atoms with Crippen LogP contribution in [0.2, 0.25) is 0 Å². The molecule has 0 atom stereocenters. The summed E-state index contributed by atoms with van der Waals surface area (Å²) in [5.74, 6) is 0.668. The van der Waals surface area contributed by atoms with Gasteiger partial charge in [-0.3, -0.25) is 0 Å². The van der Waals surface area contributed by atoms with Crippen molar-refractivity contribution in [3.63, 3.8) is 0 Å². The molecule has 1 saturated heterocycles. The molecule has 3 nitrogen and oxygen atoms in total. The van der Waals surface area contributed by atoms with Gasteiger partial charge in [0.05, 0.1) is 0 Å². The van der Waals surface area contributed by atoms with Gasteiger partial charge in [-0.05, 0) is 0 Å². The first-order valence-corrected chi connectivity index (χ1v) is 3.08. The predicted octanol–water partition coefficient (Wildman–Crippen LogP) is -0.716. The maximum atomic E-state index is 9.73. The van der Waals surface area contributed by atoms with Crippen LogP contribution in [0.3, 0.4) is 0 Å². The molecular formula is C5H9BN2O. The van der Waals surface area contributed by atoms with Crippen LogP contribution in [0.25, 0.3) is 0 Å². The van der Waals surface area contributed by atoms with E-state index in [-0.39, 0.29) is 0 Å². The van der Waals surface area contributed by atoms with Gasteiger partial charge in [-0.25, -0.2) is 0 Å². The molecular weight excluding hydrogens is 115 g/mol. The number of hydrogen-bond donors (Lipinski definition) is 1. The van der Waals surface area contributed by atoms with Gasteiger partial charge < -0.3 is 0 Å². The van der Waals surface area contributed by atoms with Crippen molar-refractivity contribution in [2.45, 2.75) is 0 Å². The van der Waals surface area contributed by atoms with Gasteiger partial charge in [0.15, 0.2) is 0 Å². The van der Waals surface area contributed by atoms with Crippen LogP contribution in [0.1, 0.15) is 0 Å². The molecule has 0 spiro atoms. The Labute approximate surface area is 54.8 Å². The van der Waals surface area contributed by atoms with Crippen molar-refractivity contribution in [2.75, 3.05) is 19.6 Å². The molecule has 1 N–H and O–H groups in total. The molecule has 0 bridgehead atoms. The molecule has 0 radical (unpaired) electrons. The fourth-order valence-corrected chi connectivity index (χ4v) is 0.731. The Morgan fingerprint density at radius 2 is 2.56 bits per heavy atom. The summed E-state index contributed by atoms with van der Waals surface area (Å²) >= 11 is 0. The van der Waals surface area contributed by atoms with E-state index in [9.17, 15) is 4.70 Å². The molecule has 0 aromatic heterocycles. The molecule has 1 aliphatic rings. The summed E-state index contributed by atoms with van der Waals surface area (Å²) in [5, 5.41) is 3.13. The molecule has 0 unspecified atom stereocenters. The van der Waals surface area contributed by atoms with E-state index in [1.165, 1.54) is 6.11 Å². The van der Waals surface area contributed by atoms with Gasteiger partial charge in [0, 0.05) is 0 Å². The van der Waals surface area contributed by atoms with Crippen molar-refractivity contribution in [2.24, 2.45) is 10.9 Å². The van der Waals surface area contributed by atoms with Gasteiger partial charge in [-0.1, -0.05) is 0 Å². The molecule has 0 amide bonds.